The number of anilines is 1. The van der Waals surface area contributed by atoms with Crippen LogP contribution in [0.1, 0.15) is 31.9 Å². The maximum atomic E-state index is 3.43. The molecule has 0 saturated carbocycles. The Morgan fingerprint density at radius 3 is 2.55 bits per heavy atom. The van der Waals surface area contributed by atoms with Crippen LogP contribution in [0, 0.1) is 0 Å². The van der Waals surface area contributed by atoms with Crippen LogP contribution in [-0.2, 0) is 13.0 Å². The smallest absolute Gasteiger partial charge is 0.0373 e. The van der Waals surface area contributed by atoms with E-state index >= 15 is 0 Å². The lowest BCUT2D eigenvalue weighted by molar-refractivity contribution is 0.0591. The van der Waals surface area contributed by atoms with Crippen LogP contribution in [0.4, 0.5) is 5.69 Å². The molecule has 1 N–H and O–H groups in total. The van der Waals surface area contributed by atoms with Crippen molar-refractivity contribution in [3.05, 3.63) is 29.3 Å². The van der Waals surface area contributed by atoms with Crippen molar-refractivity contribution in [1.29, 1.82) is 0 Å². The first-order chi connectivity index (χ1) is 9.52. The third kappa shape index (κ3) is 2.99. The molecule has 1 saturated heterocycles. The van der Waals surface area contributed by atoms with Crippen molar-refractivity contribution in [2.45, 2.75) is 39.3 Å². The predicted octanol–water partition coefficient (Wildman–Crippen LogP) is 2.57. The molecule has 110 valence electrons. The van der Waals surface area contributed by atoms with Gasteiger partial charge < -0.3 is 5.32 Å². The van der Waals surface area contributed by atoms with E-state index in [9.17, 15) is 0 Å². The number of rotatable bonds is 2. The summed E-state index contributed by atoms with van der Waals surface area (Å²) < 4.78 is 0. The van der Waals surface area contributed by atoms with Crippen molar-refractivity contribution in [3.63, 3.8) is 0 Å². The van der Waals surface area contributed by atoms with Gasteiger partial charge in [0.05, 0.1) is 0 Å². The first kappa shape index (κ1) is 13.9. The number of benzene rings is 1. The fraction of sp³-hybridized carbons (Fsp3) is 0.647. The monoisotopic (exact) mass is 273 g/mol. The molecule has 0 aromatic heterocycles. The molecule has 3 nitrogen and oxygen atoms in total. The van der Waals surface area contributed by atoms with Gasteiger partial charge in [-0.2, -0.15) is 0 Å². The lowest BCUT2D eigenvalue weighted by Gasteiger charge is -2.42. The summed E-state index contributed by atoms with van der Waals surface area (Å²) >= 11 is 0. The summed E-state index contributed by atoms with van der Waals surface area (Å²) in [7, 11) is 0. The first-order valence-electron chi connectivity index (χ1n) is 7.85. The fourth-order valence-corrected chi connectivity index (χ4v) is 3.29. The Kier molecular flexibility index (Phi) is 3.74. The Morgan fingerprint density at radius 2 is 1.85 bits per heavy atom. The molecule has 0 atom stereocenters. The molecule has 3 heteroatoms. The van der Waals surface area contributed by atoms with Crippen LogP contribution < -0.4 is 5.32 Å². The van der Waals surface area contributed by atoms with Gasteiger partial charge in [-0.05, 0) is 44.4 Å². The molecular formula is C17H27N3. The molecule has 20 heavy (non-hydrogen) atoms. The molecule has 0 amide bonds. The fourth-order valence-electron chi connectivity index (χ4n) is 3.29. The van der Waals surface area contributed by atoms with E-state index in [0.29, 0.717) is 5.54 Å². The Balaban J connectivity index is 1.57. The molecule has 1 aromatic carbocycles. The number of piperazine rings is 1. The van der Waals surface area contributed by atoms with E-state index in [4.69, 9.17) is 0 Å². The maximum absolute atomic E-state index is 3.43. The van der Waals surface area contributed by atoms with Gasteiger partial charge in [0.25, 0.3) is 0 Å². The van der Waals surface area contributed by atoms with Gasteiger partial charge >= 0.3 is 0 Å². The van der Waals surface area contributed by atoms with E-state index in [1.807, 2.05) is 0 Å². The highest BCUT2D eigenvalue weighted by Crippen LogP contribution is 2.24. The summed E-state index contributed by atoms with van der Waals surface area (Å²) in [5, 5.41) is 3.43. The average Bonchev–Trinajstić information content (AvgIpc) is 2.86. The number of nitrogens with zero attached hydrogens (tertiary/aromatic N) is 2. The summed E-state index contributed by atoms with van der Waals surface area (Å²) in [5.74, 6) is 0. The van der Waals surface area contributed by atoms with E-state index in [1.54, 1.807) is 0 Å². The number of hydrogen-bond acceptors (Lipinski definition) is 3. The normalized spacial score (nSPS) is 20.8. The number of nitrogens with one attached hydrogen (secondary N) is 1. The molecule has 0 unspecified atom stereocenters. The third-order valence-electron chi connectivity index (χ3n) is 4.61. The zero-order chi connectivity index (χ0) is 14.2. The second kappa shape index (κ2) is 5.38. The van der Waals surface area contributed by atoms with Gasteiger partial charge in [-0.3, -0.25) is 9.80 Å². The highest BCUT2D eigenvalue weighted by molar-refractivity contribution is 5.56. The van der Waals surface area contributed by atoms with Crippen LogP contribution in [-0.4, -0.2) is 48.1 Å². The zero-order valence-electron chi connectivity index (χ0n) is 13.1. The summed E-state index contributed by atoms with van der Waals surface area (Å²) in [6.45, 7) is 13.9. The molecule has 1 aromatic rings. The van der Waals surface area contributed by atoms with Gasteiger partial charge in [-0.25, -0.2) is 0 Å². The molecule has 1 fully saturated rings. The van der Waals surface area contributed by atoms with Crippen LogP contribution in [0.3, 0.4) is 0 Å². The highest BCUT2D eigenvalue weighted by Gasteiger charge is 2.25. The van der Waals surface area contributed by atoms with Crippen molar-refractivity contribution in [3.8, 4) is 0 Å². The minimum atomic E-state index is 0.311. The van der Waals surface area contributed by atoms with Crippen LogP contribution in [0.25, 0.3) is 0 Å². The standard InChI is InChI=1S/C17H27N3/c1-17(2,3)20-10-8-19(9-11-20)13-14-4-5-16-15(12-14)6-7-18-16/h4-5,12,18H,6-11,13H2,1-3H3. The second-order valence-corrected chi connectivity index (χ2v) is 7.10. The van der Waals surface area contributed by atoms with E-state index in [1.165, 1.54) is 49.4 Å². The SMILES string of the molecule is CC(C)(C)N1CCN(Cc2ccc3c(c2)CCN3)CC1. The number of hydrogen-bond donors (Lipinski definition) is 1. The molecule has 2 aliphatic rings. The molecule has 0 spiro atoms. The zero-order valence-corrected chi connectivity index (χ0v) is 13.1. The molecular weight excluding hydrogens is 246 g/mol. The lowest BCUT2D eigenvalue weighted by Crippen LogP contribution is -2.53. The third-order valence-corrected chi connectivity index (χ3v) is 4.61. The van der Waals surface area contributed by atoms with Crippen molar-refractivity contribution < 1.29 is 0 Å². The molecule has 2 heterocycles. The summed E-state index contributed by atoms with van der Waals surface area (Å²) in [6, 6.07) is 6.93. The quantitative estimate of drug-likeness (QED) is 0.893. The maximum Gasteiger partial charge on any atom is 0.0373 e. The van der Waals surface area contributed by atoms with Crippen LogP contribution in [0.5, 0.6) is 0 Å². The second-order valence-electron chi connectivity index (χ2n) is 7.10. The van der Waals surface area contributed by atoms with Crippen molar-refractivity contribution in [1.82, 2.24) is 9.80 Å². The number of fused-ring (bicyclic) bond motifs is 1. The summed E-state index contributed by atoms with van der Waals surface area (Å²) in [4.78, 5) is 5.18. The summed E-state index contributed by atoms with van der Waals surface area (Å²) in [5.41, 5.74) is 4.62. The van der Waals surface area contributed by atoms with E-state index < -0.39 is 0 Å². The molecule has 2 aliphatic heterocycles. The van der Waals surface area contributed by atoms with Gasteiger partial charge in [-0.1, -0.05) is 12.1 Å². The Hall–Kier alpha value is -1.06. The van der Waals surface area contributed by atoms with Crippen molar-refractivity contribution in [2.24, 2.45) is 0 Å². The van der Waals surface area contributed by atoms with Gasteiger partial charge in [0, 0.05) is 50.5 Å². The summed E-state index contributed by atoms with van der Waals surface area (Å²) in [6.07, 6.45) is 1.18. The van der Waals surface area contributed by atoms with E-state index in [0.717, 1.165) is 13.1 Å². The lowest BCUT2D eigenvalue weighted by atomic mass is 10.0. The van der Waals surface area contributed by atoms with Gasteiger partial charge in [0.15, 0.2) is 0 Å². The van der Waals surface area contributed by atoms with Gasteiger partial charge in [0.2, 0.25) is 0 Å². The van der Waals surface area contributed by atoms with Crippen LogP contribution >= 0.6 is 0 Å². The van der Waals surface area contributed by atoms with E-state index in [2.05, 4.69) is 54.1 Å². The largest absolute Gasteiger partial charge is 0.384 e. The molecule has 0 aliphatic carbocycles. The Labute approximate surface area is 123 Å². The minimum absolute atomic E-state index is 0.311. The Morgan fingerprint density at radius 1 is 1.10 bits per heavy atom. The minimum Gasteiger partial charge on any atom is -0.384 e. The van der Waals surface area contributed by atoms with Crippen molar-refractivity contribution >= 4 is 5.69 Å². The van der Waals surface area contributed by atoms with E-state index in [-0.39, 0.29) is 0 Å². The molecule has 3 rings (SSSR count). The Bertz CT molecular complexity index is 468. The van der Waals surface area contributed by atoms with Crippen LogP contribution in [0.15, 0.2) is 18.2 Å². The van der Waals surface area contributed by atoms with Gasteiger partial charge in [-0.15, -0.1) is 0 Å². The molecule has 0 bridgehead atoms. The average molecular weight is 273 g/mol. The van der Waals surface area contributed by atoms with Gasteiger partial charge in [0.1, 0.15) is 0 Å². The highest BCUT2D eigenvalue weighted by atomic mass is 15.3. The first-order valence-corrected chi connectivity index (χ1v) is 7.85. The van der Waals surface area contributed by atoms with Crippen LogP contribution in [0.2, 0.25) is 0 Å². The molecule has 0 radical (unpaired) electrons. The topological polar surface area (TPSA) is 18.5 Å². The predicted molar refractivity (Wildman–Crippen MR) is 85.2 cm³/mol. The van der Waals surface area contributed by atoms with Crippen molar-refractivity contribution in [2.75, 3.05) is 38.0 Å².